The van der Waals surface area contributed by atoms with E-state index in [1.807, 2.05) is 62.4 Å². The third-order valence-electron chi connectivity index (χ3n) is 4.69. The normalized spacial score (nSPS) is 14.7. The maximum Gasteiger partial charge on any atom is 0.225 e. The number of aliphatic hydroxyl groups is 1. The Morgan fingerprint density at radius 3 is 2.12 bits per heavy atom. The van der Waals surface area contributed by atoms with Crippen molar-refractivity contribution >= 4 is 5.91 Å². The monoisotopic (exact) mass is 325 g/mol. The molecule has 2 aromatic carbocycles. The average molecular weight is 325 g/mol. The summed E-state index contributed by atoms with van der Waals surface area (Å²) in [6.07, 6.45) is 1.01. The minimum Gasteiger partial charge on any atom is -0.386 e. The first-order valence-electron chi connectivity index (χ1n) is 8.54. The van der Waals surface area contributed by atoms with E-state index in [1.165, 1.54) is 5.56 Å². The number of rotatable bonds is 7. The molecule has 1 N–H and O–H groups in total. The quantitative estimate of drug-likeness (QED) is 0.840. The molecular weight excluding hydrogens is 298 g/mol. The predicted octanol–water partition coefficient (Wildman–Crippen LogP) is 3.84. The highest BCUT2D eigenvalue weighted by molar-refractivity contribution is 5.78. The minimum atomic E-state index is -0.679. The molecule has 0 unspecified atom stereocenters. The Morgan fingerprint density at radius 1 is 1.00 bits per heavy atom. The van der Waals surface area contributed by atoms with E-state index in [0.717, 1.165) is 18.4 Å². The van der Waals surface area contributed by atoms with Gasteiger partial charge in [-0.3, -0.25) is 4.79 Å². The maximum absolute atomic E-state index is 12.7. The van der Waals surface area contributed by atoms with Crippen LogP contribution in [0.4, 0.5) is 0 Å². The standard InChI is InChI=1S/C21H27NO2/c1-16(14-15-18-10-6-4-7-11-18)21(24)22(3)17(2)20(23)19-12-8-5-9-13-19/h4-13,16-17,20,23H,14-15H2,1-3H3/t16-,17+,20-/m1/s1. The van der Waals surface area contributed by atoms with Crippen LogP contribution in [-0.4, -0.2) is 29.0 Å². The van der Waals surface area contributed by atoms with Crippen molar-refractivity contribution in [2.45, 2.75) is 38.8 Å². The molecule has 3 atom stereocenters. The highest BCUT2D eigenvalue weighted by atomic mass is 16.3. The Balaban J connectivity index is 1.92. The van der Waals surface area contributed by atoms with Crippen molar-refractivity contribution in [3.8, 4) is 0 Å². The highest BCUT2D eigenvalue weighted by Crippen LogP contribution is 2.22. The van der Waals surface area contributed by atoms with Crippen molar-refractivity contribution < 1.29 is 9.90 Å². The van der Waals surface area contributed by atoms with E-state index in [4.69, 9.17) is 0 Å². The summed E-state index contributed by atoms with van der Waals surface area (Å²) in [6, 6.07) is 19.4. The molecule has 3 nitrogen and oxygen atoms in total. The summed E-state index contributed by atoms with van der Waals surface area (Å²) in [7, 11) is 1.78. The third kappa shape index (κ3) is 4.68. The number of amides is 1. The lowest BCUT2D eigenvalue weighted by Crippen LogP contribution is -2.41. The molecule has 2 rings (SSSR count). The van der Waals surface area contributed by atoms with Crippen LogP contribution >= 0.6 is 0 Å². The van der Waals surface area contributed by atoms with Crippen molar-refractivity contribution in [3.05, 3.63) is 71.8 Å². The average Bonchev–Trinajstić information content (AvgIpc) is 2.65. The van der Waals surface area contributed by atoms with Gasteiger partial charge in [-0.15, -0.1) is 0 Å². The van der Waals surface area contributed by atoms with Crippen LogP contribution in [0.3, 0.4) is 0 Å². The Hall–Kier alpha value is -2.13. The molecule has 0 radical (unpaired) electrons. The molecule has 128 valence electrons. The number of carbonyl (C=O) groups excluding carboxylic acids is 1. The first-order valence-corrected chi connectivity index (χ1v) is 8.54. The second-order valence-electron chi connectivity index (χ2n) is 6.47. The Labute approximate surface area is 144 Å². The van der Waals surface area contributed by atoms with Gasteiger partial charge < -0.3 is 10.0 Å². The van der Waals surface area contributed by atoms with Gasteiger partial charge in [-0.05, 0) is 30.9 Å². The zero-order chi connectivity index (χ0) is 17.5. The molecule has 1 amide bonds. The zero-order valence-electron chi connectivity index (χ0n) is 14.7. The van der Waals surface area contributed by atoms with E-state index in [1.54, 1.807) is 11.9 Å². The summed E-state index contributed by atoms with van der Waals surface area (Å²) in [4.78, 5) is 14.3. The summed E-state index contributed by atoms with van der Waals surface area (Å²) >= 11 is 0. The van der Waals surface area contributed by atoms with Crippen molar-refractivity contribution in [2.75, 3.05) is 7.05 Å². The summed E-state index contributed by atoms with van der Waals surface area (Å²) in [6.45, 7) is 3.85. The van der Waals surface area contributed by atoms with Gasteiger partial charge in [0.1, 0.15) is 0 Å². The largest absolute Gasteiger partial charge is 0.386 e. The van der Waals surface area contributed by atoms with Crippen molar-refractivity contribution in [1.29, 1.82) is 0 Å². The molecule has 0 spiro atoms. The maximum atomic E-state index is 12.7. The van der Waals surface area contributed by atoms with Gasteiger partial charge >= 0.3 is 0 Å². The van der Waals surface area contributed by atoms with Gasteiger partial charge in [0.15, 0.2) is 0 Å². The van der Waals surface area contributed by atoms with Crippen LogP contribution in [0, 0.1) is 5.92 Å². The second kappa shape index (κ2) is 8.65. The molecule has 0 saturated carbocycles. The molecule has 3 heteroatoms. The summed E-state index contributed by atoms with van der Waals surface area (Å²) in [5.41, 5.74) is 2.08. The van der Waals surface area contributed by atoms with Crippen molar-refractivity contribution in [3.63, 3.8) is 0 Å². The molecule has 0 aliphatic carbocycles. The SMILES string of the molecule is C[C@H](CCc1ccccc1)C(=O)N(C)[C@@H](C)[C@@H](O)c1ccccc1. The number of hydrogen-bond donors (Lipinski definition) is 1. The fourth-order valence-corrected chi connectivity index (χ4v) is 2.84. The molecule has 0 aliphatic rings. The molecule has 0 bridgehead atoms. The predicted molar refractivity (Wildman–Crippen MR) is 97.6 cm³/mol. The van der Waals surface area contributed by atoms with Crippen LogP contribution in [0.1, 0.15) is 37.5 Å². The third-order valence-corrected chi connectivity index (χ3v) is 4.69. The highest BCUT2D eigenvalue weighted by Gasteiger charge is 2.26. The van der Waals surface area contributed by atoms with Crippen molar-refractivity contribution in [2.24, 2.45) is 5.92 Å². The number of nitrogens with zero attached hydrogens (tertiary/aromatic N) is 1. The Bertz CT molecular complexity index is 627. The van der Waals surface area contributed by atoms with Gasteiger partial charge in [0.25, 0.3) is 0 Å². The molecule has 2 aromatic rings. The molecule has 0 aromatic heterocycles. The summed E-state index contributed by atoms with van der Waals surface area (Å²) in [5.74, 6) is 0.00837. The van der Waals surface area contributed by atoms with Gasteiger partial charge in [0.05, 0.1) is 12.1 Å². The van der Waals surface area contributed by atoms with Gasteiger partial charge in [-0.1, -0.05) is 67.6 Å². The van der Waals surface area contributed by atoms with Gasteiger partial charge in [-0.2, -0.15) is 0 Å². The van der Waals surface area contributed by atoms with Gasteiger partial charge in [-0.25, -0.2) is 0 Å². The Morgan fingerprint density at radius 2 is 1.54 bits per heavy atom. The fraction of sp³-hybridized carbons (Fsp3) is 0.381. The van der Waals surface area contributed by atoms with E-state index in [-0.39, 0.29) is 17.9 Å². The van der Waals surface area contributed by atoms with E-state index >= 15 is 0 Å². The lowest BCUT2D eigenvalue weighted by atomic mass is 9.97. The lowest BCUT2D eigenvalue weighted by Gasteiger charge is -2.31. The number of aryl methyl sites for hydroxylation is 1. The van der Waals surface area contributed by atoms with Gasteiger partial charge in [0, 0.05) is 13.0 Å². The van der Waals surface area contributed by atoms with E-state index in [0.29, 0.717) is 0 Å². The first kappa shape index (κ1) is 18.2. The lowest BCUT2D eigenvalue weighted by molar-refractivity contribution is -0.138. The van der Waals surface area contributed by atoms with E-state index in [9.17, 15) is 9.90 Å². The van der Waals surface area contributed by atoms with Crippen LogP contribution < -0.4 is 0 Å². The summed E-state index contributed by atoms with van der Waals surface area (Å²) in [5, 5.41) is 10.5. The number of hydrogen-bond acceptors (Lipinski definition) is 2. The zero-order valence-corrected chi connectivity index (χ0v) is 14.7. The smallest absolute Gasteiger partial charge is 0.225 e. The minimum absolute atomic E-state index is 0.0689. The van der Waals surface area contributed by atoms with Crippen LogP contribution in [0.15, 0.2) is 60.7 Å². The van der Waals surface area contributed by atoms with Crippen LogP contribution in [0.5, 0.6) is 0 Å². The number of likely N-dealkylation sites (N-methyl/N-ethyl adjacent to an activating group) is 1. The molecule has 0 fully saturated rings. The fourth-order valence-electron chi connectivity index (χ4n) is 2.84. The molecule has 0 aliphatic heterocycles. The van der Waals surface area contributed by atoms with Crippen LogP contribution in [0.25, 0.3) is 0 Å². The molecular formula is C21H27NO2. The molecule has 0 saturated heterocycles. The molecule has 0 heterocycles. The first-order chi connectivity index (χ1) is 11.5. The number of benzene rings is 2. The summed E-state index contributed by atoms with van der Waals surface area (Å²) < 4.78 is 0. The van der Waals surface area contributed by atoms with Crippen LogP contribution in [0.2, 0.25) is 0 Å². The van der Waals surface area contributed by atoms with Gasteiger partial charge in [0.2, 0.25) is 5.91 Å². The molecule has 24 heavy (non-hydrogen) atoms. The topological polar surface area (TPSA) is 40.5 Å². The van der Waals surface area contributed by atoms with E-state index in [2.05, 4.69) is 12.1 Å². The van der Waals surface area contributed by atoms with E-state index < -0.39 is 6.10 Å². The van der Waals surface area contributed by atoms with Crippen LogP contribution in [-0.2, 0) is 11.2 Å². The van der Waals surface area contributed by atoms with Crippen molar-refractivity contribution in [1.82, 2.24) is 4.90 Å². The number of carbonyl (C=O) groups is 1. The Kier molecular flexibility index (Phi) is 6.56. The number of aliphatic hydroxyl groups excluding tert-OH is 1. The second-order valence-corrected chi connectivity index (χ2v) is 6.47.